The van der Waals surface area contributed by atoms with E-state index < -0.39 is 28.7 Å². The Morgan fingerprint density at radius 2 is 1.18 bits per heavy atom. The Morgan fingerprint density at radius 3 is 1.67 bits per heavy atom. The molecule has 1 spiro atoms. The molecule has 8 rings (SSSR count). The van der Waals surface area contributed by atoms with Gasteiger partial charge in [0.1, 0.15) is 32.7 Å². The fourth-order valence-electron chi connectivity index (χ4n) is 6.74. The van der Waals surface area contributed by atoms with Gasteiger partial charge in [-0.2, -0.15) is 10.5 Å². The summed E-state index contributed by atoms with van der Waals surface area (Å²) >= 11 is 2.47. The van der Waals surface area contributed by atoms with Crippen molar-refractivity contribution in [1.29, 1.82) is 10.5 Å². The van der Waals surface area contributed by atoms with E-state index >= 15 is 0 Å². The van der Waals surface area contributed by atoms with E-state index in [0.29, 0.717) is 39.3 Å². The first-order valence-corrected chi connectivity index (χ1v) is 16.6. The summed E-state index contributed by atoms with van der Waals surface area (Å²) in [5.41, 5.74) is -0.0556. The number of Topliss-reactive ketones (excluding diaryl/α,β-unsaturated/α-hetero) is 4. The van der Waals surface area contributed by atoms with E-state index in [0.717, 1.165) is 24.1 Å². The molecule has 0 amide bonds. The average Bonchev–Trinajstić information content (AvgIpc) is 3.85. The van der Waals surface area contributed by atoms with Gasteiger partial charge >= 0.3 is 0 Å². The molecule has 0 bridgehead atoms. The molecule has 1 aliphatic heterocycles. The summed E-state index contributed by atoms with van der Waals surface area (Å²) in [4.78, 5) is 71.0. The van der Waals surface area contributed by atoms with Crippen molar-refractivity contribution in [2.75, 3.05) is 0 Å². The first kappa shape index (κ1) is 30.0. The number of carbonyl (C=O) groups is 4. The van der Waals surface area contributed by atoms with E-state index in [1.54, 1.807) is 0 Å². The molecule has 2 aromatic heterocycles. The monoisotopic (exact) mass is 676 g/mol. The topological polar surface area (TPSA) is 160 Å². The molecule has 4 aliphatic rings. The van der Waals surface area contributed by atoms with Crippen molar-refractivity contribution in [2.45, 2.75) is 37.7 Å². The predicted molar refractivity (Wildman–Crippen MR) is 177 cm³/mol. The molecule has 3 aliphatic carbocycles. The minimum atomic E-state index is -0.787. The summed E-state index contributed by atoms with van der Waals surface area (Å²) in [5, 5.41) is 19.5. The van der Waals surface area contributed by atoms with Crippen molar-refractivity contribution in [3.05, 3.63) is 107 Å². The summed E-state index contributed by atoms with van der Waals surface area (Å²) in [5.74, 6) is -1.88. The number of aromatic nitrogens is 2. The molecule has 1 fully saturated rings. The third-order valence-corrected chi connectivity index (χ3v) is 11.2. The molecule has 4 aromatic rings. The second-order valence-corrected chi connectivity index (χ2v) is 13.8. The molecule has 11 nitrogen and oxygen atoms in total. The van der Waals surface area contributed by atoms with Gasteiger partial charge in [0.25, 0.3) is 0 Å². The molecule has 232 valence electrons. The zero-order chi connectivity index (χ0) is 34.2. The highest BCUT2D eigenvalue weighted by atomic mass is 32.1. The number of thiazole rings is 2. The number of nitriles is 2. The first-order chi connectivity index (χ1) is 23.7. The molecule has 0 radical (unpaired) electrons. The van der Waals surface area contributed by atoms with Gasteiger partial charge in [-0.1, -0.05) is 18.6 Å². The second-order valence-electron chi connectivity index (χ2n) is 11.8. The van der Waals surface area contributed by atoms with Crippen molar-refractivity contribution < 1.29 is 23.9 Å². The highest BCUT2D eigenvalue weighted by molar-refractivity contribution is 7.23. The Bertz CT molecular complexity index is 2430. The minimum absolute atomic E-state index is 0.00414. The number of allylic oxidation sites excluding steroid dienone is 2. The van der Waals surface area contributed by atoms with Gasteiger partial charge in [0.2, 0.25) is 5.88 Å². The van der Waals surface area contributed by atoms with Gasteiger partial charge in [0.05, 0.1) is 40.3 Å². The molecular formula is C36H16N6O5S2. The highest BCUT2D eigenvalue weighted by Gasteiger charge is 2.47. The van der Waals surface area contributed by atoms with Crippen molar-refractivity contribution in [3.8, 4) is 27.8 Å². The Labute approximate surface area is 285 Å². The number of nitrogens with zero attached hydrogens (tertiary/aromatic N) is 6. The molecule has 0 atom stereocenters. The summed E-state index contributed by atoms with van der Waals surface area (Å²) in [6.45, 7) is 14.7. The largest absolute Gasteiger partial charge is 0.463 e. The highest BCUT2D eigenvalue weighted by Crippen LogP contribution is 2.55. The first-order valence-electron chi connectivity index (χ1n) is 14.9. The van der Waals surface area contributed by atoms with Crippen LogP contribution in [0.15, 0.2) is 35.4 Å². The van der Waals surface area contributed by atoms with Crippen LogP contribution in [0.5, 0.6) is 5.88 Å². The lowest BCUT2D eigenvalue weighted by Crippen LogP contribution is -2.38. The number of ether oxygens (including phenoxy) is 1. The van der Waals surface area contributed by atoms with Gasteiger partial charge < -0.3 is 4.74 Å². The summed E-state index contributed by atoms with van der Waals surface area (Å²) < 4.78 is 6.60. The smallest absolute Gasteiger partial charge is 0.235 e. The van der Waals surface area contributed by atoms with Crippen LogP contribution in [0.3, 0.4) is 0 Å². The molecule has 0 saturated heterocycles. The van der Waals surface area contributed by atoms with Crippen molar-refractivity contribution >= 4 is 69.3 Å². The maximum Gasteiger partial charge on any atom is 0.235 e. The number of fused-ring (bicyclic) bond motifs is 6. The Morgan fingerprint density at radius 1 is 0.714 bits per heavy atom. The number of carbonyl (C=O) groups excluding carboxylic acids is 4. The van der Waals surface area contributed by atoms with Gasteiger partial charge in [-0.05, 0) is 50.0 Å². The standard InChI is InChI=1S/C36H16N6O5S2/c1-39-24-10-20-21(11-25(24)40-2)31(46)22(30(20)45)12-26-41-34-32(48-26)33-35(47-36(34)6-4-3-5-7-36)42-27(49-33)13-23-28(43)18-8-16(14-37)17(15-38)9-19(18)29(23)44/h8-13H,3-7H2. The average molecular weight is 677 g/mol. The van der Waals surface area contributed by atoms with Crippen LogP contribution in [-0.2, 0) is 5.60 Å². The molecule has 0 N–H and O–H groups in total. The molecule has 49 heavy (non-hydrogen) atoms. The maximum atomic E-state index is 13.4. The number of rotatable bonds is 2. The Kier molecular flexibility index (Phi) is 6.63. The third kappa shape index (κ3) is 4.35. The van der Waals surface area contributed by atoms with Crippen LogP contribution in [-0.4, -0.2) is 33.1 Å². The van der Waals surface area contributed by atoms with Crippen molar-refractivity contribution in [1.82, 2.24) is 9.97 Å². The van der Waals surface area contributed by atoms with Gasteiger partial charge in [-0.3, -0.25) is 28.9 Å². The normalized spacial score (nSPS) is 16.5. The van der Waals surface area contributed by atoms with E-state index in [1.165, 1.54) is 59.1 Å². The van der Waals surface area contributed by atoms with Crippen LogP contribution in [0.2, 0.25) is 0 Å². The van der Waals surface area contributed by atoms with Gasteiger partial charge in [0, 0.05) is 22.3 Å². The Hall–Kier alpha value is -6.38. The Balaban J connectivity index is 1.20. The van der Waals surface area contributed by atoms with Crippen LogP contribution >= 0.6 is 22.7 Å². The van der Waals surface area contributed by atoms with Crippen molar-refractivity contribution in [3.63, 3.8) is 0 Å². The number of benzene rings is 2. The zero-order valence-corrected chi connectivity index (χ0v) is 26.7. The summed E-state index contributed by atoms with van der Waals surface area (Å²) in [6.07, 6.45) is 6.98. The van der Waals surface area contributed by atoms with E-state index in [2.05, 4.69) is 14.7 Å². The van der Waals surface area contributed by atoms with E-state index in [-0.39, 0.29) is 55.9 Å². The third-order valence-electron chi connectivity index (χ3n) is 9.09. The second kappa shape index (κ2) is 10.8. The van der Waals surface area contributed by atoms with E-state index in [9.17, 15) is 29.7 Å². The van der Waals surface area contributed by atoms with Crippen LogP contribution in [0.4, 0.5) is 11.4 Å². The van der Waals surface area contributed by atoms with Crippen molar-refractivity contribution in [2.24, 2.45) is 0 Å². The SMILES string of the molecule is [C-]#[N+]c1cc2c(cc1[N+]#[C-])C(=O)C(=Cc1nc3c(s1)-c1sc(C=C4C(=O)c5cc(C#N)c(C#N)cc5C4=O)nc1OC31CCCCC1)C2=O. The van der Waals surface area contributed by atoms with Crippen LogP contribution in [0, 0.1) is 35.8 Å². The molecule has 2 aromatic carbocycles. The minimum Gasteiger partial charge on any atom is -0.463 e. The molecule has 13 heteroatoms. The molecule has 3 heterocycles. The van der Waals surface area contributed by atoms with Gasteiger partial charge in [0.15, 0.2) is 40.1 Å². The maximum absolute atomic E-state index is 13.4. The van der Waals surface area contributed by atoms with E-state index in [4.69, 9.17) is 22.9 Å². The number of ketones is 4. The zero-order valence-electron chi connectivity index (χ0n) is 25.0. The quantitative estimate of drug-likeness (QED) is 0.118. The van der Waals surface area contributed by atoms with E-state index in [1.807, 2.05) is 12.1 Å². The van der Waals surface area contributed by atoms with Crippen LogP contribution < -0.4 is 4.74 Å². The lowest BCUT2D eigenvalue weighted by Gasteiger charge is -2.38. The fraction of sp³-hybridized carbons (Fsp3) is 0.167. The van der Waals surface area contributed by atoms with Gasteiger partial charge in [-0.25, -0.2) is 9.97 Å². The lowest BCUT2D eigenvalue weighted by atomic mass is 9.80. The predicted octanol–water partition coefficient (Wildman–Crippen LogP) is 7.59. The van der Waals surface area contributed by atoms with Crippen LogP contribution in [0.1, 0.15) is 100 Å². The van der Waals surface area contributed by atoms with Crippen LogP contribution in [0.25, 0.3) is 31.6 Å². The number of hydrogen-bond donors (Lipinski definition) is 0. The van der Waals surface area contributed by atoms with Gasteiger partial charge in [-0.15, -0.1) is 22.7 Å². The molecule has 0 unspecified atom stereocenters. The molecule has 1 saturated carbocycles. The number of hydrogen-bond acceptors (Lipinski definition) is 11. The molecular weight excluding hydrogens is 661 g/mol. The summed E-state index contributed by atoms with van der Waals surface area (Å²) in [7, 11) is 0. The summed E-state index contributed by atoms with van der Waals surface area (Å²) in [6, 6.07) is 8.89. The lowest BCUT2D eigenvalue weighted by molar-refractivity contribution is 0.0168. The fourth-order valence-corrected chi connectivity index (χ4v) is 8.90.